The molecule has 0 saturated carbocycles. The molecule has 0 aromatic carbocycles. The molecular formula is C3H5CoI3O2-. The maximum absolute atomic E-state index is 9.14. The van der Waals surface area contributed by atoms with Crippen LogP contribution in [0.4, 0.5) is 0 Å². The molecule has 6 heteroatoms. The number of hydrogen-bond acceptors (Lipinski definition) is 2. The number of hydrogen-bond donors (Lipinski definition) is 0. The van der Waals surface area contributed by atoms with Crippen molar-refractivity contribution in [3.05, 3.63) is 6.92 Å². The number of rotatable bonds is 2. The summed E-state index contributed by atoms with van der Waals surface area (Å²) in [6, 6.07) is 0. The second kappa shape index (κ2) is 12.8. The van der Waals surface area contributed by atoms with Crippen LogP contribution in [0.25, 0.3) is 0 Å². The fraction of sp³-hybridized carbons (Fsp3) is 0.333. The van der Waals surface area contributed by atoms with Gasteiger partial charge in [0, 0.05) is 0 Å². The summed E-state index contributed by atoms with van der Waals surface area (Å²) in [7, 11) is 0. The van der Waals surface area contributed by atoms with Crippen molar-refractivity contribution in [2.75, 3.05) is 6.61 Å². The molecule has 0 aromatic heterocycles. The van der Waals surface area contributed by atoms with Crippen LogP contribution in [-0.2, 0) is 13.5 Å². The van der Waals surface area contributed by atoms with Crippen LogP contribution < -0.4 is 0 Å². The molecule has 9 heavy (non-hydrogen) atoms. The summed E-state index contributed by atoms with van der Waals surface area (Å²) in [5, 5.41) is 0. The Labute approximate surface area is 93.0 Å². The third-order valence-electron chi connectivity index (χ3n) is 0.186. The van der Waals surface area contributed by atoms with Crippen LogP contribution in [0.5, 0.6) is 0 Å². The van der Waals surface area contributed by atoms with Crippen molar-refractivity contribution in [3.63, 3.8) is 0 Å². The minimum absolute atomic E-state index is 0.226. The van der Waals surface area contributed by atoms with E-state index in [-0.39, 0.29) is 6.61 Å². The molecule has 0 rings (SSSR count). The van der Waals surface area contributed by atoms with E-state index in [9.17, 15) is 0 Å². The maximum atomic E-state index is 9.14. The van der Waals surface area contributed by atoms with Gasteiger partial charge in [0.2, 0.25) is 0 Å². The quantitative estimate of drug-likeness (QED) is 0.323. The first-order valence-electron chi connectivity index (χ1n) is 1.64. The Morgan fingerprint density at radius 3 is 1.89 bits per heavy atom. The van der Waals surface area contributed by atoms with Crippen LogP contribution >= 0.6 is 61.2 Å². The topological polar surface area (TPSA) is 26.3 Å². The predicted octanol–water partition coefficient (Wildman–Crippen LogP) is 2.65. The predicted molar refractivity (Wildman–Crippen MR) is 59.4 cm³/mol. The Morgan fingerprint density at radius 2 is 1.89 bits per heavy atom. The Hall–Kier alpha value is 2.17. The molecule has 0 atom stereocenters. The van der Waals surface area contributed by atoms with Crippen LogP contribution in [-0.4, -0.2) is 13.1 Å². The van der Waals surface area contributed by atoms with Crippen LogP contribution in [0, 0.1) is 6.92 Å². The van der Waals surface area contributed by atoms with Gasteiger partial charge in [-0.05, 0) is 6.61 Å². The summed E-state index contributed by atoms with van der Waals surface area (Å²) in [5.74, 6) is 0. The van der Waals surface area contributed by atoms with E-state index in [0.29, 0.717) is 10.5 Å². The van der Waals surface area contributed by atoms with Crippen LogP contribution in [0.2, 0.25) is 0 Å². The van der Waals surface area contributed by atoms with Crippen molar-refractivity contribution >= 4 is 67.7 Å². The van der Waals surface area contributed by atoms with Gasteiger partial charge >= 0.3 is 65.3 Å². The Balaban J connectivity index is 0. The van der Waals surface area contributed by atoms with Crippen molar-refractivity contribution in [2.45, 2.75) is 0 Å². The zero-order valence-corrected chi connectivity index (χ0v) is 11.8. The van der Waals surface area contributed by atoms with E-state index in [2.05, 4.69) is 72.9 Å². The number of ether oxygens (including phenoxy) is 1. The fourth-order valence-corrected chi connectivity index (χ4v) is 0.0481. The van der Waals surface area contributed by atoms with Gasteiger partial charge in [-0.15, -0.1) is 0 Å². The molecular weight excluding hydrogens is 508 g/mol. The first kappa shape index (κ1) is 13.7. The van der Waals surface area contributed by atoms with Crippen LogP contribution in [0.15, 0.2) is 0 Å². The molecule has 0 spiro atoms. The molecule has 0 fully saturated rings. The summed E-state index contributed by atoms with van der Waals surface area (Å²) in [6.07, 6.45) is 0. The van der Waals surface area contributed by atoms with Gasteiger partial charge in [0.05, 0.1) is 0 Å². The van der Waals surface area contributed by atoms with E-state index in [1.54, 1.807) is 0 Å². The van der Waals surface area contributed by atoms with Gasteiger partial charge in [0.1, 0.15) is 0 Å². The fourth-order valence-electron chi connectivity index (χ4n) is 0.0481. The van der Waals surface area contributed by atoms with Gasteiger partial charge in [-0.3, -0.25) is 4.79 Å². The second-order valence-corrected chi connectivity index (χ2v) is 27.0. The zero-order valence-electron chi connectivity index (χ0n) is 4.28. The van der Waals surface area contributed by atoms with Crippen LogP contribution in [0.1, 0.15) is 0 Å². The van der Waals surface area contributed by atoms with Crippen molar-refractivity contribution in [2.24, 2.45) is 0 Å². The van der Waals surface area contributed by atoms with Crippen molar-refractivity contribution in [3.8, 4) is 0 Å². The molecule has 0 saturated heterocycles. The SMILES string of the molecule is [CH2-]COC=O.[I][Co]([I])[I]. The summed E-state index contributed by atoms with van der Waals surface area (Å²) < 4.78 is 4.35. The van der Waals surface area contributed by atoms with Crippen molar-refractivity contribution in [1.82, 2.24) is 0 Å². The molecule has 0 aromatic rings. The third kappa shape index (κ3) is 39.1. The van der Waals surface area contributed by atoms with E-state index < -0.39 is 0 Å². The molecule has 0 aliphatic carbocycles. The number of carbonyl (C=O) groups excluding carboxylic acids is 1. The molecule has 60 valence electrons. The van der Waals surface area contributed by atoms with Gasteiger partial charge in [-0.25, -0.2) is 0 Å². The summed E-state index contributed by atoms with van der Waals surface area (Å²) in [4.78, 5) is 9.14. The van der Waals surface area contributed by atoms with E-state index >= 15 is 0 Å². The molecule has 0 aliphatic heterocycles. The van der Waals surface area contributed by atoms with E-state index in [0.717, 1.165) is 0 Å². The third-order valence-corrected chi connectivity index (χ3v) is 0.186. The van der Waals surface area contributed by atoms with E-state index in [4.69, 9.17) is 4.79 Å². The minimum atomic E-state index is 0.226. The first-order chi connectivity index (χ1) is 4.15. The van der Waals surface area contributed by atoms with Gasteiger partial charge in [0.25, 0.3) is 6.47 Å². The van der Waals surface area contributed by atoms with E-state index in [1.165, 1.54) is 0 Å². The monoisotopic (exact) mass is 513 g/mol. The number of halogens is 3. The zero-order chi connectivity index (χ0) is 7.70. The molecule has 0 unspecified atom stereocenters. The molecule has 0 bridgehead atoms. The van der Waals surface area contributed by atoms with Crippen LogP contribution in [0.3, 0.4) is 0 Å². The van der Waals surface area contributed by atoms with Crippen molar-refractivity contribution in [1.29, 1.82) is 0 Å². The molecule has 2 nitrogen and oxygen atoms in total. The first-order valence-corrected chi connectivity index (χ1v) is 11.7. The van der Waals surface area contributed by atoms with Gasteiger partial charge in [-0.2, -0.15) is 0 Å². The number of carbonyl (C=O) groups is 1. The molecule has 0 N–H and O–H groups in total. The normalized spacial score (nSPS) is 8.67. The second-order valence-electron chi connectivity index (χ2n) is 0.610. The standard InChI is InChI=1S/C3H5O2.Co.3HI/c1-2-5-3-4;;;;/h3H,1-2H2;;3*1H/q-1;+3;;;/p-3. The molecule has 0 heterocycles. The summed E-state index contributed by atoms with van der Waals surface area (Å²) >= 11 is 7.14. The molecule has 0 amide bonds. The van der Waals surface area contributed by atoms with E-state index in [1.807, 2.05) is 0 Å². The summed E-state index contributed by atoms with van der Waals surface area (Å²) in [6.45, 7) is 3.82. The van der Waals surface area contributed by atoms with Gasteiger partial charge in [-0.1, -0.05) is 0 Å². The van der Waals surface area contributed by atoms with Gasteiger partial charge < -0.3 is 11.7 Å². The molecule has 0 aliphatic rings. The Kier molecular flexibility index (Phi) is 19.5. The van der Waals surface area contributed by atoms with Crippen molar-refractivity contribution < 1.29 is 13.5 Å². The average Bonchev–Trinajstić information content (AvgIpc) is 1.66. The van der Waals surface area contributed by atoms with Gasteiger partial charge in [0.15, 0.2) is 0 Å². The Morgan fingerprint density at radius 1 is 1.56 bits per heavy atom. The molecule has 0 radical (unpaired) electrons. The summed E-state index contributed by atoms with van der Waals surface area (Å²) in [5.41, 5.74) is 0. The Bertz CT molecular complexity index is 58.3. The average molecular weight is 513 g/mol.